The highest BCUT2D eigenvalue weighted by atomic mass is 19.4. The van der Waals surface area contributed by atoms with Gasteiger partial charge in [0.05, 0.1) is 23.8 Å². The number of nitrogens with zero attached hydrogens (tertiary/aromatic N) is 4. The molecule has 9 heteroatoms. The quantitative estimate of drug-likeness (QED) is 0.721. The molecule has 168 valence electrons. The van der Waals surface area contributed by atoms with Crippen LogP contribution in [0.25, 0.3) is 0 Å². The summed E-state index contributed by atoms with van der Waals surface area (Å²) in [7, 11) is 1.61. The van der Waals surface area contributed by atoms with E-state index in [1.54, 1.807) is 48.5 Å². The average molecular weight is 444 g/mol. The number of rotatable bonds is 4. The molecule has 0 saturated carbocycles. The van der Waals surface area contributed by atoms with Crippen LogP contribution in [0.2, 0.25) is 0 Å². The Morgan fingerprint density at radius 3 is 2.78 bits per heavy atom. The summed E-state index contributed by atoms with van der Waals surface area (Å²) in [4.78, 5) is 20.7. The van der Waals surface area contributed by atoms with Gasteiger partial charge in [-0.25, -0.2) is 0 Å². The number of halogens is 3. The van der Waals surface area contributed by atoms with E-state index in [9.17, 15) is 18.0 Å². The standard InChI is InChI=1S/C23H23F3N4O2/c1-32-15-22-7-9-29(21(31)20-4-2-3-8-28-20)12-17(22)13-30(14-22)18-6-5-16(11-27)19(10-18)23(24,25)26/h2-6,8,10,17H,7,9,12-15H2,1H3/t17-,22+/m1/s1. The van der Waals surface area contributed by atoms with Crippen LogP contribution in [-0.2, 0) is 10.9 Å². The van der Waals surface area contributed by atoms with Gasteiger partial charge in [0.25, 0.3) is 5.91 Å². The van der Waals surface area contributed by atoms with Gasteiger partial charge >= 0.3 is 6.18 Å². The van der Waals surface area contributed by atoms with Crippen molar-refractivity contribution in [2.24, 2.45) is 11.3 Å². The second-order valence-electron chi connectivity index (χ2n) is 8.43. The van der Waals surface area contributed by atoms with Crippen molar-refractivity contribution in [2.75, 3.05) is 44.8 Å². The number of benzene rings is 1. The van der Waals surface area contributed by atoms with Gasteiger partial charge in [0.15, 0.2) is 0 Å². The summed E-state index contributed by atoms with van der Waals surface area (Å²) in [5, 5.41) is 9.07. The molecule has 4 rings (SSSR count). The molecule has 2 atom stereocenters. The van der Waals surface area contributed by atoms with Crippen LogP contribution in [0.3, 0.4) is 0 Å². The molecule has 0 N–H and O–H groups in total. The number of piperidine rings is 1. The highest BCUT2D eigenvalue weighted by Crippen LogP contribution is 2.45. The summed E-state index contributed by atoms with van der Waals surface area (Å²) in [5.74, 6) is -0.110. The molecule has 1 aromatic carbocycles. The lowest BCUT2D eigenvalue weighted by Crippen LogP contribution is -2.51. The second kappa shape index (κ2) is 8.43. The van der Waals surface area contributed by atoms with Crippen molar-refractivity contribution >= 4 is 11.6 Å². The Bertz CT molecular complexity index is 1040. The number of hydrogen-bond acceptors (Lipinski definition) is 5. The average Bonchev–Trinajstić information content (AvgIpc) is 3.17. The van der Waals surface area contributed by atoms with Crippen molar-refractivity contribution in [3.05, 3.63) is 59.4 Å². The van der Waals surface area contributed by atoms with E-state index in [0.717, 1.165) is 6.07 Å². The first-order chi connectivity index (χ1) is 15.3. The van der Waals surface area contributed by atoms with Crippen LogP contribution in [0.1, 0.15) is 28.0 Å². The van der Waals surface area contributed by atoms with Crippen LogP contribution in [0.5, 0.6) is 0 Å². The number of carbonyl (C=O) groups excluding carboxylic acids is 1. The van der Waals surface area contributed by atoms with E-state index in [0.29, 0.717) is 50.6 Å². The minimum Gasteiger partial charge on any atom is -0.384 e. The van der Waals surface area contributed by atoms with Crippen LogP contribution in [0.4, 0.5) is 18.9 Å². The fraction of sp³-hybridized carbons (Fsp3) is 0.435. The van der Waals surface area contributed by atoms with E-state index in [1.807, 2.05) is 4.90 Å². The molecule has 1 aromatic heterocycles. The van der Waals surface area contributed by atoms with E-state index < -0.39 is 17.3 Å². The minimum atomic E-state index is -4.61. The third-order valence-corrected chi connectivity index (χ3v) is 6.53. The van der Waals surface area contributed by atoms with Crippen LogP contribution >= 0.6 is 0 Å². The topological polar surface area (TPSA) is 69.5 Å². The number of amides is 1. The number of alkyl halides is 3. The molecule has 1 amide bonds. The van der Waals surface area contributed by atoms with Gasteiger partial charge in [-0.15, -0.1) is 0 Å². The molecule has 3 heterocycles. The highest BCUT2D eigenvalue weighted by Gasteiger charge is 2.50. The maximum Gasteiger partial charge on any atom is 0.417 e. The lowest BCUT2D eigenvalue weighted by atomic mass is 9.73. The van der Waals surface area contributed by atoms with Crippen molar-refractivity contribution in [3.8, 4) is 6.07 Å². The summed E-state index contributed by atoms with van der Waals surface area (Å²) in [5.41, 5.74) is -0.786. The number of fused-ring (bicyclic) bond motifs is 1. The lowest BCUT2D eigenvalue weighted by Gasteiger charge is -2.42. The molecule has 2 aliphatic heterocycles. The van der Waals surface area contributed by atoms with Gasteiger partial charge in [-0.2, -0.15) is 18.4 Å². The Morgan fingerprint density at radius 2 is 2.12 bits per heavy atom. The molecule has 0 bridgehead atoms. The molecular weight excluding hydrogens is 421 g/mol. The number of likely N-dealkylation sites (tertiary alicyclic amines) is 1. The first kappa shape index (κ1) is 22.1. The van der Waals surface area contributed by atoms with Crippen molar-refractivity contribution in [1.82, 2.24) is 9.88 Å². The van der Waals surface area contributed by atoms with Gasteiger partial charge < -0.3 is 14.5 Å². The molecule has 32 heavy (non-hydrogen) atoms. The molecular formula is C23H23F3N4O2. The predicted molar refractivity (Wildman–Crippen MR) is 111 cm³/mol. The molecule has 2 aromatic rings. The van der Waals surface area contributed by atoms with Crippen LogP contribution in [0.15, 0.2) is 42.6 Å². The zero-order chi connectivity index (χ0) is 22.9. The Balaban J connectivity index is 1.59. The first-order valence-electron chi connectivity index (χ1n) is 10.3. The Kier molecular flexibility index (Phi) is 5.82. The third-order valence-electron chi connectivity index (χ3n) is 6.53. The third kappa shape index (κ3) is 4.02. The number of carbonyl (C=O) groups is 1. The van der Waals surface area contributed by atoms with Gasteiger partial charge in [0.1, 0.15) is 5.69 Å². The summed E-state index contributed by atoms with van der Waals surface area (Å²) < 4.78 is 45.9. The predicted octanol–water partition coefficient (Wildman–Crippen LogP) is 3.59. The van der Waals surface area contributed by atoms with Gasteiger partial charge in [-0.3, -0.25) is 9.78 Å². The molecule has 0 radical (unpaired) electrons. The van der Waals surface area contributed by atoms with Crippen molar-refractivity contribution in [3.63, 3.8) is 0 Å². The molecule has 0 aliphatic carbocycles. The summed E-state index contributed by atoms with van der Waals surface area (Å²) >= 11 is 0. The fourth-order valence-corrected chi connectivity index (χ4v) is 4.90. The van der Waals surface area contributed by atoms with E-state index >= 15 is 0 Å². The van der Waals surface area contributed by atoms with Crippen LogP contribution in [-0.4, -0.2) is 55.7 Å². The van der Waals surface area contributed by atoms with E-state index in [-0.39, 0.29) is 17.2 Å². The zero-order valence-electron chi connectivity index (χ0n) is 17.6. The van der Waals surface area contributed by atoms with Crippen molar-refractivity contribution < 1.29 is 22.7 Å². The number of nitriles is 1. The van der Waals surface area contributed by atoms with Gasteiger partial charge in [0, 0.05) is 56.5 Å². The number of ether oxygens (including phenoxy) is 1. The smallest absolute Gasteiger partial charge is 0.384 e. The normalized spacial score (nSPS) is 23.0. The fourth-order valence-electron chi connectivity index (χ4n) is 4.90. The number of methoxy groups -OCH3 is 1. The summed E-state index contributed by atoms with van der Waals surface area (Å²) in [6.07, 6.45) is -2.35. The van der Waals surface area contributed by atoms with Crippen LogP contribution in [0, 0.1) is 22.7 Å². The molecule has 2 saturated heterocycles. The summed E-state index contributed by atoms with van der Waals surface area (Å²) in [6.45, 7) is 2.50. The van der Waals surface area contributed by atoms with Crippen molar-refractivity contribution in [1.29, 1.82) is 5.26 Å². The second-order valence-corrected chi connectivity index (χ2v) is 8.43. The van der Waals surface area contributed by atoms with E-state index in [1.165, 1.54) is 6.07 Å². The van der Waals surface area contributed by atoms with E-state index in [4.69, 9.17) is 10.00 Å². The Labute approximate surface area is 184 Å². The largest absolute Gasteiger partial charge is 0.417 e. The summed E-state index contributed by atoms with van der Waals surface area (Å²) in [6, 6.07) is 10.6. The van der Waals surface area contributed by atoms with Gasteiger partial charge in [-0.1, -0.05) is 6.07 Å². The number of anilines is 1. The zero-order valence-corrected chi connectivity index (χ0v) is 17.6. The molecule has 6 nitrogen and oxygen atoms in total. The maximum absolute atomic E-state index is 13.5. The lowest BCUT2D eigenvalue weighted by molar-refractivity contribution is -0.137. The van der Waals surface area contributed by atoms with Crippen molar-refractivity contribution in [2.45, 2.75) is 12.6 Å². The Hall–Kier alpha value is -3.12. The molecule has 0 unspecified atom stereocenters. The number of aromatic nitrogens is 1. The molecule has 0 spiro atoms. The highest BCUT2D eigenvalue weighted by molar-refractivity contribution is 5.92. The monoisotopic (exact) mass is 444 g/mol. The molecule has 2 fully saturated rings. The number of pyridine rings is 1. The first-order valence-corrected chi connectivity index (χ1v) is 10.3. The maximum atomic E-state index is 13.5. The van der Waals surface area contributed by atoms with Gasteiger partial charge in [-0.05, 0) is 36.8 Å². The van der Waals surface area contributed by atoms with Gasteiger partial charge in [0.2, 0.25) is 0 Å². The van der Waals surface area contributed by atoms with E-state index in [2.05, 4.69) is 4.98 Å². The Morgan fingerprint density at radius 1 is 1.31 bits per heavy atom. The minimum absolute atomic E-state index is 0.0360. The number of hydrogen-bond donors (Lipinski definition) is 0. The van der Waals surface area contributed by atoms with Crippen LogP contribution < -0.4 is 4.90 Å². The molecule has 2 aliphatic rings. The SMILES string of the molecule is COC[C@@]12CCN(C(=O)c3ccccn3)C[C@@H]1CN(c1ccc(C#N)c(C(F)(F)F)c1)C2.